The number of carbonyl (C=O) groups excluding carboxylic acids is 4. The number of carbonyl (C=O) groups is 4. The minimum atomic E-state index is -4.93. The van der Waals surface area contributed by atoms with E-state index in [-0.39, 0.29) is 43.9 Å². The SMILES string of the molecule is CC(C)(O)[C@@H]1CCCN1.CC(C)(O)[C@@H]1CCCN1C(=O)C(F)(F)F.COC(=O)[C@@H]1CCCN1.COC(=O)[C@@H]1CCCN1C(=O)C(F)(F)F.Cl. The molecule has 19 heteroatoms. The van der Waals surface area contributed by atoms with Gasteiger partial charge in [-0.1, -0.05) is 0 Å². The molecule has 0 aromatic heterocycles. The summed E-state index contributed by atoms with van der Waals surface area (Å²) in [5.41, 5.74) is -1.83. The van der Waals surface area contributed by atoms with Crippen molar-refractivity contribution >= 4 is 36.2 Å². The van der Waals surface area contributed by atoms with Gasteiger partial charge in [-0.25, -0.2) is 4.79 Å². The van der Waals surface area contributed by atoms with Gasteiger partial charge in [0.05, 0.1) is 31.5 Å². The predicted octanol–water partition coefficient (Wildman–Crippen LogP) is 2.87. The van der Waals surface area contributed by atoms with E-state index in [1.54, 1.807) is 0 Å². The number of alkyl halides is 6. The maximum atomic E-state index is 12.2. The average molecular weight is 745 g/mol. The standard InChI is InChI=1S/C9H14F3NO2.C8H10F3NO3.C7H15NO.C6H11NO2.ClH/c1-8(2,15)6-4-3-5-13(6)7(14)9(10,11)12;1-15-6(13)5-3-2-4-12(5)7(14)8(9,10)11;1-7(2,9)6-4-3-5-8-6;1-9-6(8)5-3-2-4-7-5;/h6,15H,3-5H2,1-2H3;5H,2-4H2,1H3;6,8-9H,3-5H2,1-2H3;5,7H,2-4H2,1H3;1H/t6-;5-;6-;5-;/m0000./s1. The fourth-order valence-corrected chi connectivity index (χ4v) is 5.78. The third-order valence-electron chi connectivity index (χ3n) is 8.26. The number of ether oxygens (including phenoxy) is 2. The molecular formula is C30H51ClF6N4O8. The van der Waals surface area contributed by atoms with E-state index in [1.807, 2.05) is 13.8 Å². The average Bonchev–Trinajstić information content (AvgIpc) is 3.81. The molecule has 288 valence electrons. The number of likely N-dealkylation sites (tertiary alicyclic amines) is 2. The Hall–Kier alpha value is -2.41. The van der Waals surface area contributed by atoms with Gasteiger partial charge >= 0.3 is 36.1 Å². The van der Waals surface area contributed by atoms with Crippen LogP contribution in [0.5, 0.6) is 0 Å². The zero-order chi connectivity index (χ0) is 37.1. The Balaban J connectivity index is 0.000000640. The van der Waals surface area contributed by atoms with Gasteiger partial charge in [-0.3, -0.25) is 14.4 Å². The van der Waals surface area contributed by atoms with Gasteiger partial charge in [0, 0.05) is 19.1 Å². The highest BCUT2D eigenvalue weighted by Crippen LogP contribution is 2.31. The normalized spacial score (nSPS) is 23.9. The molecule has 4 heterocycles. The maximum Gasteiger partial charge on any atom is 0.471 e. The molecule has 4 N–H and O–H groups in total. The zero-order valence-corrected chi connectivity index (χ0v) is 29.5. The summed E-state index contributed by atoms with van der Waals surface area (Å²) in [4.78, 5) is 44.9. The van der Waals surface area contributed by atoms with Crippen molar-refractivity contribution in [3.63, 3.8) is 0 Å². The van der Waals surface area contributed by atoms with Crippen LogP contribution in [0.4, 0.5) is 26.3 Å². The molecule has 0 aliphatic carbocycles. The first-order valence-corrected chi connectivity index (χ1v) is 15.8. The van der Waals surface area contributed by atoms with E-state index in [4.69, 9.17) is 0 Å². The molecule has 0 aromatic carbocycles. The summed E-state index contributed by atoms with van der Waals surface area (Å²) in [6.07, 6.45) is -3.97. The molecule has 4 saturated heterocycles. The molecule has 2 amide bonds. The van der Waals surface area contributed by atoms with Gasteiger partial charge in [-0.05, 0) is 92.2 Å². The van der Waals surface area contributed by atoms with Crippen molar-refractivity contribution in [1.82, 2.24) is 20.4 Å². The zero-order valence-electron chi connectivity index (χ0n) is 28.7. The molecule has 0 saturated carbocycles. The lowest BCUT2D eigenvalue weighted by atomic mass is 9.96. The van der Waals surface area contributed by atoms with Gasteiger partial charge in [-0.2, -0.15) is 26.3 Å². The first-order chi connectivity index (χ1) is 22.0. The van der Waals surface area contributed by atoms with Crippen LogP contribution in [0.25, 0.3) is 0 Å². The molecule has 0 spiro atoms. The third-order valence-corrected chi connectivity index (χ3v) is 8.26. The van der Waals surface area contributed by atoms with Gasteiger partial charge in [0.1, 0.15) is 12.1 Å². The molecule has 0 aromatic rings. The quantitative estimate of drug-likeness (QED) is 0.249. The van der Waals surface area contributed by atoms with Crippen LogP contribution in [-0.4, -0.2) is 132 Å². The second kappa shape index (κ2) is 19.8. The summed E-state index contributed by atoms with van der Waals surface area (Å²) in [6.45, 7) is 8.56. The van der Waals surface area contributed by atoms with E-state index in [0.29, 0.717) is 30.2 Å². The van der Waals surface area contributed by atoms with Crippen LogP contribution in [0.1, 0.15) is 79.1 Å². The highest BCUT2D eigenvalue weighted by atomic mass is 35.5. The van der Waals surface area contributed by atoms with Crippen LogP contribution < -0.4 is 10.6 Å². The van der Waals surface area contributed by atoms with Gasteiger partial charge in [-0.15, -0.1) is 12.4 Å². The minimum absolute atomic E-state index is 0. The molecule has 4 rings (SSSR count). The number of methoxy groups -OCH3 is 2. The molecular weight excluding hydrogens is 694 g/mol. The highest BCUT2D eigenvalue weighted by molar-refractivity contribution is 5.88. The molecule has 4 aliphatic heterocycles. The Bertz CT molecular complexity index is 1060. The first kappa shape index (κ1) is 46.6. The number of amides is 2. The van der Waals surface area contributed by atoms with Gasteiger partial charge in [0.2, 0.25) is 0 Å². The molecule has 4 fully saturated rings. The van der Waals surface area contributed by atoms with Gasteiger partial charge in [0.15, 0.2) is 0 Å². The lowest BCUT2D eigenvalue weighted by Gasteiger charge is -2.34. The molecule has 4 aliphatic rings. The molecule has 0 bridgehead atoms. The van der Waals surface area contributed by atoms with Crippen LogP contribution in [-0.2, 0) is 28.7 Å². The number of nitrogens with one attached hydrogen (secondary N) is 2. The topological polar surface area (TPSA) is 158 Å². The third kappa shape index (κ3) is 15.2. The van der Waals surface area contributed by atoms with Crippen molar-refractivity contribution in [1.29, 1.82) is 0 Å². The fourth-order valence-electron chi connectivity index (χ4n) is 5.78. The number of aliphatic hydroxyl groups is 2. The second-order valence-electron chi connectivity index (χ2n) is 13.0. The summed E-state index contributed by atoms with van der Waals surface area (Å²) in [7, 11) is 2.50. The smallest absolute Gasteiger partial charge is 0.468 e. The molecule has 0 radical (unpaired) electrons. The Labute approximate surface area is 289 Å². The van der Waals surface area contributed by atoms with Crippen molar-refractivity contribution in [2.24, 2.45) is 0 Å². The number of rotatable bonds is 4. The van der Waals surface area contributed by atoms with E-state index in [2.05, 4.69) is 20.1 Å². The maximum absolute atomic E-state index is 12.2. The molecule has 49 heavy (non-hydrogen) atoms. The summed E-state index contributed by atoms with van der Waals surface area (Å²) in [6, 6.07) is -1.55. The van der Waals surface area contributed by atoms with Crippen LogP contribution in [0.15, 0.2) is 0 Å². The number of halogens is 7. The molecule has 12 nitrogen and oxygen atoms in total. The Morgan fingerprint density at radius 1 is 0.653 bits per heavy atom. The summed E-state index contributed by atoms with van der Waals surface area (Å²) in [5.74, 6) is -4.76. The predicted molar refractivity (Wildman–Crippen MR) is 168 cm³/mol. The van der Waals surface area contributed by atoms with Crippen molar-refractivity contribution in [3.8, 4) is 0 Å². The molecule has 4 atom stereocenters. The van der Waals surface area contributed by atoms with Gasteiger partial charge < -0.3 is 40.1 Å². The monoisotopic (exact) mass is 744 g/mol. The summed E-state index contributed by atoms with van der Waals surface area (Å²) < 4.78 is 81.7. The Morgan fingerprint density at radius 3 is 1.51 bits per heavy atom. The summed E-state index contributed by atoms with van der Waals surface area (Å²) in [5, 5.41) is 25.4. The lowest BCUT2D eigenvalue weighted by molar-refractivity contribution is -0.189. The first-order valence-electron chi connectivity index (χ1n) is 15.8. The minimum Gasteiger partial charge on any atom is -0.468 e. The highest BCUT2D eigenvalue weighted by Gasteiger charge is 2.49. The van der Waals surface area contributed by atoms with E-state index < -0.39 is 53.4 Å². The summed E-state index contributed by atoms with van der Waals surface area (Å²) >= 11 is 0. The van der Waals surface area contributed by atoms with Crippen molar-refractivity contribution in [2.75, 3.05) is 40.4 Å². The van der Waals surface area contributed by atoms with E-state index in [1.165, 1.54) is 27.4 Å². The van der Waals surface area contributed by atoms with Gasteiger partial charge in [0.25, 0.3) is 0 Å². The van der Waals surface area contributed by atoms with E-state index in [9.17, 15) is 55.7 Å². The lowest BCUT2D eigenvalue weighted by Crippen LogP contribution is -2.52. The second-order valence-corrected chi connectivity index (χ2v) is 13.0. The van der Waals surface area contributed by atoms with Crippen LogP contribution in [0.3, 0.4) is 0 Å². The number of hydrogen-bond acceptors (Lipinski definition) is 10. The van der Waals surface area contributed by atoms with E-state index in [0.717, 1.165) is 44.4 Å². The van der Waals surface area contributed by atoms with Crippen LogP contribution in [0, 0.1) is 0 Å². The van der Waals surface area contributed by atoms with Crippen molar-refractivity contribution in [3.05, 3.63) is 0 Å². The number of hydrogen-bond donors (Lipinski definition) is 4. The largest absolute Gasteiger partial charge is 0.471 e. The number of esters is 2. The Morgan fingerprint density at radius 2 is 1.12 bits per heavy atom. The number of nitrogens with zero attached hydrogens (tertiary/aromatic N) is 2. The van der Waals surface area contributed by atoms with E-state index >= 15 is 0 Å². The Kier molecular flexibility index (Phi) is 18.9. The van der Waals surface area contributed by atoms with Crippen LogP contribution in [0.2, 0.25) is 0 Å². The van der Waals surface area contributed by atoms with Crippen molar-refractivity contribution in [2.45, 2.75) is 127 Å². The fraction of sp³-hybridized carbons (Fsp3) is 0.867. The van der Waals surface area contributed by atoms with Crippen molar-refractivity contribution < 1.29 is 65.2 Å². The molecule has 0 unspecified atom stereocenters. The van der Waals surface area contributed by atoms with Crippen LogP contribution >= 0.6 is 12.4 Å².